The second kappa shape index (κ2) is 5.92. The molecule has 0 aliphatic carbocycles. The standard InChI is InChI=1S/C17H13Cl2NO/c1-11-8-14(18)6-7-16(11)21-10-13-9-12-4-2-3-5-15(12)20-17(13)19/h2-9H,10H2,1H3. The predicted octanol–water partition coefficient (Wildman–Crippen LogP) is 5.43. The molecule has 0 radical (unpaired) electrons. The molecule has 3 aromatic rings. The van der Waals surface area contributed by atoms with Crippen molar-refractivity contribution in [2.45, 2.75) is 13.5 Å². The second-order valence-electron chi connectivity index (χ2n) is 4.83. The Morgan fingerprint density at radius 2 is 1.86 bits per heavy atom. The number of hydrogen-bond acceptors (Lipinski definition) is 2. The van der Waals surface area contributed by atoms with Gasteiger partial charge in [-0.25, -0.2) is 4.98 Å². The number of aryl methyl sites for hydroxylation is 1. The van der Waals surface area contributed by atoms with Crippen LogP contribution < -0.4 is 4.74 Å². The Kier molecular flexibility index (Phi) is 4.00. The summed E-state index contributed by atoms with van der Waals surface area (Å²) in [6.45, 7) is 2.33. The molecule has 106 valence electrons. The fraction of sp³-hybridized carbons (Fsp3) is 0.118. The van der Waals surface area contributed by atoms with Gasteiger partial charge in [0, 0.05) is 16.0 Å². The molecule has 0 bridgehead atoms. The van der Waals surface area contributed by atoms with Crippen LogP contribution in [-0.4, -0.2) is 4.98 Å². The van der Waals surface area contributed by atoms with Gasteiger partial charge in [0.2, 0.25) is 0 Å². The summed E-state index contributed by atoms with van der Waals surface area (Å²) in [5.74, 6) is 0.795. The van der Waals surface area contributed by atoms with E-state index in [4.69, 9.17) is 27.9 Å². The lowest BCUT2D eigenvalue weighted by atomic mass is 10.1. The zero-order valence-electron chi connectivity index (χ0n) is 11.4. The van der Waals surface area contributed by atoms with Crippen molar-refractivity contribution in [3.05, 3.63) is 69.8 Å². The van der Waals surface area contributed by atoms with Crippen molar-refractivity contribution >= 4 is 34.1 Å². The van der Waals surface area contributed by atoms with E-state index in [2.05, 4.69) is 4.98 Å². The zero-order valence-corrected chi connectivity index (χ0v) is 12.9. The number of benzene rings is 2. The molecule has 21 heavy (non-hydrogen) atoms. The molecule has 4 heteroatoms. The molecule has 0 amide bonds. The van der Waals surface area contributed by atoms with Gasteiger partial charge in [0.05, 0.1) is 5.52 Å². The van der Waals surface area contributed by atoms with Gasteiger partial charge in [-0.05, 0) is 42.8 Å². The summed E-state index contributed by atoms with van der Waals surface area (Å²) in [5, 5.41) is 2.22. The number of nitrogens with zero attached hydrogens (tertiary/aromatic N) is 1. The first kappa shape index (κ1) is 14.2. The maximum atomic E-state index is 6.22. The van der Waals surface area contributed by atoms with Crippen LogP contribution in [0.3, 0.4) is 0 Å². The van der Waals surface area contributed by atoms with Crippen LogP contribution >= 0.6 is 23.2 Å². The van der Waals surface area contributed by atoms with E-state index in [9.17, 15) is 0 Å². The zero-order chi connectivity index (χ0) is 14.8. The van der Waals surface area contributed by atoms with Gasteiger partial charge in [0.1, 0.15) is 17.5 Å². The van der Waals surface area contributed by atoms with Gasteiger partial charge in [0.15, 0.2) is 0 Å². The van der Waals surface area contributed by atoms with Crippen LogP contribution in [0.5, 0.6) is 5.75 Å². The molecule has 0 unspecified atom stereocenters. The van der Waals surface area contributed by atoms with Gasteiger partial charge >= 0.3 is 0 Å². The third-order valence-electron chi connectivity index (χ3n) is 3.27. The van der Waals surface area contributed by atoms with E-state index < -0.39 is 0 Å². The fourth-order valence-corrected chi connectivity index (χ4v) is 2.59. The van der Waals surface area contributed by atoms with Gasteiger partial charge in [-0.1, -0.05) is 41.4 Å². The average Bonchev–Trinajstić information content (AvgIpc) is 2.46. The van der Waals surface area contributed by atoms with Crippen LogP contribution in [0.25, 0.3) is 10.9 Å². The Hall–Kier alpha value is -1.77. The van der Waals surface area contributed by atoms with Crippen LogP contribution in [-0.2, 0) is 6.61 Å². The fourth-order valence-electron chi connectivity index (χ4n) is 2.17. The van der Waals surface area contributed by atoms with Crippen LogP contribution in [0.2, 0.25) is 10.2 Å². The van der Waals surface area contributed by atoms with Crippen LogP contribution in [0.4, 0.5) is 0 Å². The van der Waals surface area contributed by atoms with Crippen molar-refractivity contribution in [2.24, 2.45) is 0 Å². The molecule has 0 saturated carbocycles. The molecule has 1 heterocycles. The molecule has 2 aromatic carbocycles. The molecule has 0 fully saturated rings. The van der Waals surface area contributed by atoms with Gasteiger partial charge in [-0.3, -0.25) is 0 Å². The molecular weight excluding hydrogens is 305 g/mol. The molecule has 2 nitrogen and oxygen atoms in total. The maximum absolute atomic E-state index is 6.22. The van der Waals surface area contributed by atoms with Crippen molar-refractivity contribution in [3.63, 3.8) is 0 Å². The minimum absolute atomic E-state index is 0.374. The Morgan fingerprint density at radius 1 is 1.05 bits per heavy atom. The molecule has 0 N–H and O–H groups in total. The number of pyridine rings is 1. The van der Waals surface area contributed by atoms with E-state index in [1.165, 1.54) is 0 Å². The Morgan fingerprint density at radius 3 is 2.67 bits per heavy atom. The first-order chi connectivity index (χ1) is 10.1. The summed E-state index contributed by atoms with van der Waals surface area (Å²) < 4.78 is 5.82. The van der Waals surface area contributed by atoms with Crippen molar-refractivity contribution in [1.82, 2.24) is 4.98 Å². The third-order valence-corrected chi connectivity index (χ3v) is 3.83. The molecule has 0 saturated heterocycles. The lowest BCUT2D eigenvalue weighted by Gasteiger charge is -2.11. The van der Waals surface area contributed by atoms with E-state index >= 15 is 0 Å². The summed E-state index contributed by atoms with van der Waals surface area (Å²) in [5.41, 5.74) is 2.74. The number of halogens is 2. The molecule has 0 spiro atoms. The highest BCUT2D eigenvalue weighted by molar-refractivity contribution is 6.31. The molecule has 3 rings (SSSR count). The second-order valence-corrected chi connectivity index (χ2v) is 5.62. The number of fused-ring (bicyclic) bond motifs is 1. The lowest BCUT2D eigenvalue weighted by molar-refractivity contribution is 0.304. The highest BCUT2D eigenvalue weighted by Gasteiger charge is 2.07. The molecule has 1 aromatic heterocycles. The van der Waals surface area contributed by atoms with Gasteiger partial charge in [-0.15, -0.1) is 0 Å². The number of ether oxygens (including phenoxy) is 1. The Labute approximate surface area is 133 Å². The molecule has 0 aliphatic rings. The summed E-state index contributed by atoms with van der Waals surface area (Å²) in [6.07, 6.45) is 0. The Balaban J connectivity index is 1.86. The maximum Gasteiger partial charge on any atom is 0.136 e. The largest absolute Gasteiger partial charge is 0.489 e. The summed E-state index contributed by atoms with van der Waals surface area (Å²) >= 11 is 12.2. The summed E-state index contributed by atoms with van der Waals surface area (Å²) in [4.78, 5) is 4.39. The monoisotopic (exact) mass is 317 g/mol. The van der Waals surface area contributed by atoms with Gasteiger partial charge in [-0.2, -0.15) is 0 Å². The summed E-state index contributed by atoms with van der Waals surface area (Å²) in [6, 6.07) is 15.4. The first-order valence-electron chi connectivity index (χ1n) is 6.56. The molecule has 0 aliphatic heterocycles. The Bertz CT molecular complexity index is 802. The van der Waals surface area contributed by atoms with Crippen LogP contribution in [0.1, 0.15) is 11.1 Å². The van der Waals surface area contributed by atoms with Crippen LogP contribution in [0.15, 0.2) is 48.5 Å². The minimum atomic E-state index is 0.374. The number of hydrogen-bond donors (Lipinski definition) is 0. The highest BCUT2D eigenvalue weighted by atomic mass is 35.5. The predicted molar refractivity (Wildman–Crippen MR) is 87.3 cm³/mol. The van der Waals surface area contributed by atoms with E-state index in [0.717, 1.165) is 27.8 Å². The topological polar surface area (TPSA) is 22.1 Å². The van der Waals surface area contributed by atoms with E-state index in [-0.39, 0.29) is 0 Å². The van der Waals surface area contributed by atoms with E-state index in [1.807, 2.05) is 55.5 Å². The van der Waals surface area contributed by atoms with Crippen LogP contribution in [0, 0.1) is 6.92 Å². The third kappa shape index (κ3) is 3.12. The number of para-hydroxylation sites is 1. The van der Waals surface area contributed by atoms with Crippen molar-refractivity contribution < 1.29 is 4.74 Å². The van der Waals surface area contributed by atoms with Crippen molar-refractivity contribution in [3.8, 4) is 5.75 Å². The average molecular weight is 318 g/mol. The first-order valence-corrected chi connectivity index (χ1v) is 7.32. The van der Waals surface area contributed by atoms with Gasteiger partial charge in [0.25, 0.3) is 0 Å². The van der Waals surface area contributed by atoms with Crippen molar-refractivity contribution in [1.29, 1.82) is 0 Å². The van der Waals surface area contributed by atoms with Crippen molar-refractivity contribution in [2.75, 3.05) is 0 Å². The number of rotatable bonds is 3. The quantitative estimate of drug-likeness (QED) is 0.601. The lowest BCUT2D eigenvalue weighted by Crippen LogP contribution is -1.99. The van der Waals surface area contributed by atoms with E-state index in [0.29, 0.717) is 16.8 Å². The normalized spacial score (nSPS) is 10.8. The summed E-state index contributed by atoms with van der Waals surface area (Å²) in [7, 11) is 0. The highest BCUT2D eigenvalue weighted by Crippen LogP contribution is 2.25. The van der Waals surface area contributed by atoms with E-state index in [1.54, 1.807) is 0 Å². The smallest absolute Gasteiger partial charge is 0.136 e. The molecular formula is C17H13Cl2NO. The SMILES string of the molecule is Cc1cc(Cl)ccc1OCc1cc2ccccc2nc1Cl. The molecule has 0 atom stereocenters. The minimum Gasteiger partial charge on any atom is -0.489 e. The number of aromatic nitrogens is 1. The van der Waals surface area contributed by atoms with Gasteiger partial charge < -0.3 is 4.74 Å².